The Morgan fingerprint density at radius 1 is 1.18 bits per heavy atom. The first-order valence-corrected chi connectivity index (χ1v) is 11.8. The molecule has 0 radical (unpaired) electrons. The molecule has 2 aromatic rings. The Bertz CT molecular complexity index is 1160. The Morgan fingerprint density at radius 3 is 2.32 bits per heavy atom. The molecule has 13 heteroatoms. The average Bonchev–Trinajstić information content (AvgIpc) is 2.72. The average molecular weight is 506 g/mol. The summed E-state index contributed by atoms with van der Waals surface area (Å²) in [6.45, 7) is 3.31. The zero-order valence-corrected chi connectivity index (χ0v) is 19.2. The van der Waals surface area contributed by atoms with Crippen molar-refractivity contribution in [2.45, 2.75) is 39.0 Å². The fraction of sp³-hybridized carbons (Fsp3) is 0.333. The van der Waals surface area contributed by atoms with Crippen molar-refractivity contribution in [2.24, 2.45) is 0 Å². The summed E-state index contributed by atoms with van der Waals surface area (Å²) in [4.78, 5) is 15.7. The van der Waals surface area contributed by atoms with Crippen LogP contribution in [-0.2, 0) is 27.5 Å². The van der Waals surface area contributed by atoms with E-state index in [1.54, 1.807) is 11.6 Å². The van der Waals surface area contributed by atoms with E-state index < -0.39 is 45.1 Å². The van der Waals surface area contributed by atoms with Gasteiger partial charge in [-0.25, -0.2) is 22.2 Å². The first kappa shape index (κ1) is 27.0. The Hall–Kier alpha value is -3.22. The molecule has 1 amide bonds. The van der Waals surface area contributed by atoms with Crippen molar-refractivity contribution < 1.29 is 35.2 Å². The molecule has 0 bridgehead atoms. The topological polar surface area (TPSA) is 100 Å². The largest absolute Gasteiger partial charge is 0.433 e. The van der Waals surface area contributed by atoms with Gasteiger partial charge < -0.3 is 10.6 Å². The van der Waals surface area contributed by atoms with Crippen LogP contribution in [0.3, 0.4) is 0 Å². The number of hydrogen-bond donors (Lipinski definition) is 3. The summed E-state index contributed by atoms with van der Waals surface area (Å²) < 4.78 is 91.2. The molecule has 0 aliphatic heterocycles. The van der Waals surface area contributed by atoms with Crippen LogP contribution in [-0.4, -0.2) is 31.6 Å². The second kappa shape index (κ2) is 10.8. The predicted octanol–water partition coefficient (Wildman–Crippen LogP) is 4.29. The van der Waals surface area contributed by atoms with E-state index in [2.05, 4.69) is 15.6 Å². The molecule has 1 aromatic heterocycles. The van der Waals surface area contributed by atoms with E-state index in [4.69, 9.17) is 0 Å². The van der Waals surface area contributed by atoms with Gasteiger partial charge in [0.05, 0.1) is 6.26 Å². The van der Waals surface area contributed by atoms with Gasteiger partial charge in [0.25, 0.3) is 0 Å². The highest BCUT2D eigenvalue weighted by atomic mass is 32.2. The second-order valence-corrected chi connectivity index (χ2v) is 9.19. The molecule has 0 aliphatic carbocycles. The zero-order valence-electron chi connectivity index (χ0n) is 18.4. The summed E-state index contributed by atoms with van der Waals surface area (Å²) in [7, 11) is -3.90. The Morgan fingerprint density at radius 2 is 1.79 bits per heavy atom. The summed E-state index contributed by atoms with van der Waals surface area (Å²) in [6, 6.07) is 3.49. The molecule has 0 aliphatic rings. The Kier molecular flexibility index (Phi) is 8.59. The highest BCUT2D eigenvalue weighted by Gasteiger charge is 2.33. The fourth-order valence-electron chi connectivity index (χ4n) is 2.64. The number of sulfonamides is 1. The van der Waals surface area contributed by atoms with Gasteiger partial charge in [-0.1, -0.05) is 6.92 Å². The zero-order chi connectivity index (χ0) is 25.7. The van der Waals surface area contributed by atoms with Crippen LogP contribution in [0.1, 0.15) is 37.1 Å². The summed E-state index contributed by atoms with van der Waals surface area (Å²) in [6.07, 6.45) is -0.982. The molecular formula is C21H23F5N4O3S. The highest BCUT2D eigenvalue weighted by Crippen LogP contribution is 2.30. The SMILES string of the molecule is CCC(C)Nc1nc(C(F)(F)F)ccc1C=CC(=O)NCc1cc(F)c(NS(C)(=O)=O)c(F)c1. The molecule has 0 saturated carbocycles. The molecule has 34 heavy (non-hydrogen) atoms. The summed E-state index contributed by atoms with van der Waals surface area (Å²) in [5, 5.41) is 5.24. The van der Waals surface area contributed by atoms with E-state index in [9.17, 15) is 35.2 Å². The summed E-state index contributed by atoms with van der Waals surface area (Å²) in [5.74, 6) is -3.07. The predicted molar refractivity (Wildman–Crippen MR) is 118 cm³/mol. The van der Waals surface area contributed by atoms with E-state index in [0.29, 0.717) is 6.42 Å². The van der Waals surface area contributed by atoms with Crippen molar-refractivity contribution in [1.82, 2.24) is 10.3 Å². The minimum absolute atomic E-state index is 0.0196. The molecule has 0 saturated heterocycles. The lowest BCUT2D eigenvalue weighted by molar-refractivity contribution is -0.141. The minimum Gasteiger partial charge on any atom is -0.367 e. The first-order chi connectivity index (χ1) is 15.7. The minimum atomic E-state index is -4.64. The summed E-state index contributed by atoms with van der Waals surface area (Å²) in [5.41, 5.74) is -1.67. The van der Waals surface area contributed by atoms with Crippen molar-refractivity contribution in [3.63, 3.8) is 0 Å². The van der Waals surface area contributed by atoms with E-state index in [-0.39, 0.29) is 29.5 Å². The van der Waals surface area contributed by atoms with Crippen LogP contribution in [0.2, 0.25) is 0 Å². The molecule has 3 N–H and O–H groups in total. The number of halogens is 5. The number of pyridine rings is 1. The number of alkyl halides is 3. The lowest BCUT2D eigenvalue weighted by atomic mass is 10.1. The van der Waals surface area contributed by atoms with E-state index in [1.165, 1.54) is 12.1 Å². The van der Waals surface area contributed by atoms with Crippen molar-refractivity contribution in [1.29, 1.82) is 0 Å². The number of anilines is 2. The van der Waals surface area contributed by atoms with Crippen LogP contribution < -0.4 is 15.4 Å². The van der Waals surface area contributed by atoms with E-state index in [1.807, 2.05) is 6.92 Å². The number of carbonyl (C=O) groups is 1. The van der Waals surface area contributed by atoms with Crippen molar-refractivity contribution in [3.8, 4) is 0 Å². The van der Waals surface area contributed by atoms with Crippen LogP contribution >= 0.6 is 0 Å². The number of aromatic nitrogens is 1. The van der Waals surface area contributed by atoms with Gasteiger partial charge in [-0.15, -0.1) is 0 Å². The third-order valence-electron chi connectivity index (χ3n) is 4.48. The van der Waals surface area contributed by atoms with E-state index in [0.717, 1.165) is 30.5 Å². The number of hydrogen-bond acceptors (Lipinski definition) is 5. The van der Waals surface area contributed by atoms with Gasteiger partial charge >= 0.3 is 6.18 Å². The maximum absolute atomic E-state index is 14.0. The molecule has 1 aromatic carbocycles. The lowest BCUT2D eigenvalue weighted by Crippen LogP contribution is -2.21. The van der Waals surface area contributed by atoms with Crippen LogP contribution in [0.5, 0.6) is 0 Å². The number of benzene rings is 1. The fourth-order valence-corrected chi connectivity index (χ4v) is 3.20. The maximum atomic E-state index is 14.0. The highest BCUT2D eigenvalue weighted by molar-refractivity contribution is 7.92. The first-order valence-electron chi connectivity index (χ1n) is 9.96. The normalized spacial score (nSPS) is 13.1. The third-order valence-corrected chi connectivity index (χ3v) is 5.06. The standard InChI is InChI=1S/C21H23F5N4O3S/c1-4-12(2)28-20-14(5-7-17(29-20)21(24,25)26)6-8-18(31)27-11-13-9-15(22)19(16(23)10-13)30-34(3,32)33/h5-10,12,30H,4,11H2,1-3H3,(H,27,31)(H,28,29). The number of rotatable bonds is 9. The van der Waals surface area contributed by atoms with Crippen LogP contribution in [0.25, 0.3) is 6.08 Å². The molecular weight excluding hydrogens is 483 g/mol. The molecule has 7 nitrogen and oxygen atoms in total. The number of nitrogens with zero attached hydrogens (tertiary/aromatic N) is 1. The summed E-state index contributed by atoms with van der Waals surface area (Å²) >= 11 is 0. The van der Waals surface area contributed by atoms with Gasteiger partial charge in [-0.05, 0) is 49.2 Å². The molecule has 2 rings (SSSR count). The van der Waals surface area contributed by atoms with Crippen molar-refractivity contribution in [2.75, 3.05) is 16.3 Å². The Balaban J connectivity index is 2.14. The van der Waals surface area contributed by atoms with Gasteiger partial charge in [-0.2, -0.15) is 13.2 Å². The van der Waals surface area contributed by atoms with Crippen LogP contribution in [0.4, 0.5) is 33.5 Å². The maximum Gasteiger partial charge on any atom is 0.433 e. The molecule has 1 heterocycles. The monoisotopic (exact) mass is 506 g/mol. The number of carbonyl (C=O) groups excluding carboxylic acids is 1. The number of amides is 1. The molecule has 1 unspecified atom stereocenters. The van der Waals surface area contributed by atoms with Gasteiger partial charge in [-0.3, -0.25) is 9.52 Å². The lowest BCUT2D eigenvalue weighted by Gasteiger charge is -2.16. The van der Waals surface area contributed by atoms with Gasteiger partial charge in [0.15, 0.2) is 11.6 Å². The van der Waals surface area contributed by atoms with Gasteiger partial charge in [0, 0.05) is 24.2 Å². The van der Waals surface area contributed by atoms with Crippen molar-refractivity contribution >= 4 is 33.5 Å². The Labute approximate surface area is 193 Å². The number of nitrogens with one attached hydrogen (secondary N) is 3. The van der Waals surface area contributed by atoms with Gasteiger partial charge in [0.1, 0.15) is 17.2 Å². The van der Waals surface area contributed by atoms with Gasteiger partial charge in [0.2, 0.25) is 15.9 Å². The third kappa shape index (κ3) is 7.97. The smallest absolute Gasteiger partial charge is 0.367 e. The molecule has 0 fully saturated rings. The molecule has 186 valence electrons. The second-order valence-electron chi connectivity index (χ2n) is 7.45. The molecule has 0 spiro atoms. The molecule has 1 atom stereocenters. The van der Waals surface area contributed by atoms with Crippen molar-refractivity contribution in [3.05, 3.63) is 58.8 Å². The quantitative estimate of drug-likeness (QED) is 0.348. The van der Waals surface area contributed by atoms with E-state index >= 15 is 0 Å². The van der Waals surface area contributed by atoms with Crippen LogP contribution in [0.15, 0.2) is 30.3 Å². The van der Waals surface area contributed by atoms with Crippen LogP contribution in [0, 0.1) is 11.6 Å².